The first kappa shape index (κ1) is 14.5. The molecule has 8 heteroatoms. The zero-order valence-corrected chi connectivity index (χ0v) is 11.2. The van der Waals surface area contributed by atoms with E-state index in [9.17, 15) is 14.4 Å². The maximum Gasteiger partial charge on any atom is 0.254 e. The van der Waals surface area contributed by atoms with Crippen molar-refractivity contribution in [2.24, 2.45) is 10.9 Å². The lowest BCUT2D eigenvalue weighted by molar-refractivity contribution is -0.138. The molecule has 0 aromatic heterocycles. The summed E-state index contributed by atoms with van der Waals surface area (Å²) in [4.78, 5) is 36.4. The molecule has 1 atom stereocenters. The first-order chi connectivity index (χ1) is 9.93. The van der Waals surface area contributed by atoms with Crippen LogP contribution < -0.4 is 11.1 Å². The summed E-state index contributed by atoms with van der Waals surface area (Å²) < 4.78 is 0. The van der Waals surface area contributed by atoms with Crippen LogP contribution in [0.2, 0.25) is 0 Å². The summed E-state index contributed by atoms with van der Waals surface area (Å²) in [6.45, 7) is 1.37. The molecule has 0 radical (unpaired) electrons. The highest BCUT2D eigenvalue weighted by molar-refractivity contribution is 6.07. The number of amidine groups is 1. The van der Waals surface area contributed by atoms with Crippen molar-refractivity contribution in [1.29, 1.82) is 0 Å². The number of nitrogens with one attached hydrogen (secondary N) is 1. The first-order valence-electron chi connectivity index (χ1n) is 6.16. The number of carbonyl (C=O) groups is 3. The largest absolute Gasteiger partial charge is 0.409 e. The minimum atomic E-state index is -0.723. The third-order valence-corrected chi connectivity index (χ3v) is 3.22. The van der Waals surface area contributed by atoms with E-state index in [1.54, 1.807) is 6.92 Å². The number of nitrogens with zero attached hydrogens (tertiary/aromatic N) is 2. The molecule has 110 valence electrons. The summed E-state index contributed by atoms with van der Waals surface area (Å²) in [5.74, 6) is -1.53. The Morgan fingerprint density at radius 2 is 1.90 bits per heavy atom. The number of amides is 3. The Hall–Kier alpha value is -2.90. The van der Waals surface area contributed by atoms with Gasteiger partial charge in [-0.05, 0) is 19.1 Å². The van der Waals surface area contributed by atoms with Gasteiger partial charge >= 0.3 is 0 Å². The molecule has 0 saturated carbocycles. The number of rotatable bonds is 2. The zero-order valence-electron chi connectivity index (χ0n) is 11.2. The molecule has 1 unspecified atom stereocenters. The van der Waals surface area contributed by atoms with Crippen LogP contribution in [-0.4, -0.2) is 46.3 Å². The van der Waals surface area contributed by atoms with Crippen LogP contribution in [-0.2, 0) is 9.59 Å². The van der Waals surface area contributed by atoms with Crippen LogP contribution in [0.15, 0.2) is 29.4 Å². The van der Waals surface area contributed by atoms with Gasteiger partial charge in [0.05, 0.1) is 0 Å². The quantitative estimate of drug-likeness (QED) is 0.218. The van der Waals surface area contributed by atoms with Gasteiger partial charge in [-0.2, -0.15) is 0 Å². The summed E-state index contributed by atoms with van der Waals surface area (Å²) in [6, 6.07) is 5.27. The highest BCUT2D eigenvalue weighted by Gasteiger charge is 2.33. The van der Waals surface area contributed by atoms with Crippen LogP contribution in [0.25, 0.3) is 0 Å². The van der Waals surface area contributed by atoms with Crippen molar-refractivity contribution >= 4 is 23.6 Å². The van der Waals surface area contributed by atoms with Crippen molar-refractivity contribution in [3.05, 3.63) is 35.4 Å². The molecule has 4 N–H and O–H groups in total. The minimum absolute atomic E-state index is 0.0742. The second kappa shape index (κ2) is 5.61. The van der Waals surface area contributed by atoms with E-state index < -0.39 is 23.8 Å². The predicted molar refractivity (Wildman–Crippen MR) is 72.6 cm³/mol. The molecule has 1 aliphatic heterocycles. The van der Waals surface area contributed by atoms with Gasteiger partial charge in [-0.1, -0.05) is 17.3 Å². The molecule has 8 nitrogen and oxygen atoms in total. The van der Waals surface area contributed by atoms with E-state index in [0.29, 0.717) is 11.1 Å². The SMILES string of the molecule is CC1C(=O)NC(=O)CN1C(=O)c1ccc(C(N)=NO)cc1. The van der Waals surface area contributed by atoms with Crippen molar-refractivity contribution < 1.29 is 19.6 Å². The fourth-order valence-corrected chi connectivity index (χ4v) is 1.97. The number of hydrogen-bond acceptors (Lipinski definition) is 5. The van der Waals surface area contributed by atoms with E-state index in [0.717, 1.165) is 0 Å². The highest BCUT2D eigenvalue weighted by atomic mass is 16.4. The molecule has 0 bridgehead atoms. The van der Waals surface area contributed by atoms with Gasteiger partial charge in [-0.3, -0.25) is 19.7 Å². The van der Waals surface area contributed by atoms with Crippen LogP contribution in [0, 0.1) is 0 Å². The molecule has 21 heavy (non-hydrogen) atoms. The van der Waals surface area contributed by atoms with Crippen molar-refractivity contribution in [3.63, 3.8) is 0 Å². The molecule has 1 fully saturated rings. The van der Waals surface area contributed by atoms with E-state index >= 15 is 0 Å². The fraction of sp³-hybridized carbons (Fsp3) is 0.231. The molecule has 1 heterocycles. The summed E-state index contributed by atoms with van der Waals surface area (Å²) in [7, 11) is 0. The summed E-state index contributed by atoms with van der Waals surface area (Å²) in [5, 5.41) is 13.6. The fourth-order valence-electron chi connectivity index (χ4n) is 1.97. The molecule has 1 aliphatic rings. The van der Waals surface area contributed by atoms with Crippen molar-refractivity contribution in [2.75, 3.05) is 6.54 Å². The third kappa shape index (κ3) is 2.83. The Kier molecular flexibility index (Phi) is 3.88. The summed E-state index contributed by atoms with van der Waals surface area (Å²) in [5.41, 5.74) is 6.19. The topological polar surface area (TPSA) is 125 Å². The molecule has 2 rings (SSSR count). The van der Waals surface area contributed by atoms with Crippen molar-refractivity contribution in [1.82, 2.24) is 10.2 Å². The van der Waals surface area contributed by atoms with E-state index in [2.05, 4.69) is 10.5 Å². The second-order valence-corrected chi connectivity index (χ2v) is 4.58. The number of oxime groups is 1. The van der Waals surface area contributed by atoms with Crippen molar-refractivity contribution in [3.8, 4) is 0 Å². The monoisotopic (exact) mass is 290 g/mol. The lowest BCUT2D eigenvalue weighted by Gasteiger charge is -2.31. The van der Waals surface area contributed by atoms with Crippen LogP contribution in [0.3, 0.4) is 0 Å². The molecule has 1 aromatic rings. The summed E-state index contributed by atoms with van der Waals surface area (Å²) in [6.07, 6.45) is 0. The maximum absolute atomic E-state index is 12.3. The van der Waals surface area contributed by atoms with Gasteiger partial charge in [0.2, 0.25) is 11.8 Å². The third-order valence-electron chi connectivity index (χ3n) is 3.22. The number of imide groups is 1. The number of hydrogen-bond donors (Lipinski definition) is 3. The molecule has 0 aliphatic carbocycles. The average molecular weight is 290 g/mol. The number of nitrogens with two attached hydrogens (primary N) is 1. The minimum Gasteiger partial charge on any atom is -0.409 e. The van der Waals surface area contributed by atoms with Crippen LogP contribution in [0.1, 0.15) is 22.8 Å². The van der Waals surface area contributed by atoms with Crippen LogP contribution in [0.4, 0.5) is 0 Å². The average Bonchev–Trinajstić information content (AvgIpc) is 2.49. The van der Waals surface area contributed by atoms with Crippen molar-refractivity contribution in [2.45, 2.75) is 13.0 Å². The van der Waals surface area contributed by atoms with E-state index in [-0.39, 0.29) is 12.4 Å². The second-order valence-electron chi connectivity index (χ2n) is 4.58. The maximum atomic E-state index is 12.3. The van der Waals surface area contributed by atoms with Gasteiger partial charge in [-0.15, -0.1) is 0 Å². The Bertz CT molecular complexity index is 624. The van der Waals surface area contributed by atoms with E-state index in [1.165, 1.54) is 29.2 Å². The zero-order chi connectivity index (χ0) is 15.6. The van der Waals surface area contributed by atoms with Gasteiger partial charge in [0.25, 0.3) is 5.91 Å². The Balaban J connectivity index is 2.23. The highest BCUT2D eigenvalue weighted by Crippen LogP contribution is 2.12. The lowest BCUT2D eigenvalue weighted by Crippen LogP contribution is -2.58. The van der Waals surface area contributed by atoms with Gasteiger partial charge in [0, 0.05) is 11.1 Å². The lowest BCUT2D eigenvalue weighted by atomic mass is 10.1. The molecule has 1 saturated heterocycles. The standard InChI is InChI=1S/C13H14N4O4/c1-7-12(19)15-10(18)6-17(7)13(20)9-4-2-8(3-5-9)11(14)16-21/h2-5,7,21H,6H2,1H3,(H2,14,16)(H,15,18,19). The molecule has 1 aromatic carbocycles. The molecule has 0 spiro atoms. The first-order valence-corrected chi connectivity index (χ1v) is 6.16. The number of carbonyl (C=O) groups excluding carboxylic acids is 3. The Morgan fingerprint density at radius 3 is 2.48 bits per heavy atom. The van der Waals surface area contributed by atoms with Gasteiger partial charge < -0.3 is 15.8 Å². The molecule has 3 amide bonds. The van der Waals surface area contributed by atoms with Gasteiger partial charge in [-0.25, -0.2) is 0 Å². The Labute approximate surface area is 120 Å². The van der Waals surface area contributed by atoms with Crippen LogP contribution in [0.5, 0.6) is 0 Å². The Morgan fingerprint density at radius 1 is 1.33 bits per heavy atom. The predicted octanol–water partition coefficient (Wildman–Crippen LogP) is -0.732. The molecular formula is C13H14N4O4. The number of piperazine rings is 1. The number of benzene rings is 1. The van der Waals surface area contributed by atoms with Gasteiger partial charge in [0.15, 0.2) is 5.84 Å². The van der Waals surface area contributed by atoms with E-state index in [1.807, 2.05) is 0 Å². The normalized spacial score (nSPS) is 19.4. The smallest absolute Gasteiger partial charge is 0.254 e. The van der Waals surface area contributed by atoms with Crippen LogP contribution >= 0.6 is 0 Å². The molecular weight excluding hydrogens is 276 g/mol. The van der Waals surface area contributed by atoms with Gasteiger partial charge in [0.1, 0.15) is 12.6 Å². The summed E-state index contributed by atoms with van der Waals surface area (Å²) >= 11 is 0. The van der Waals surface area contributed by atoms with E-state index in [4.69, 9.17) is 10.9 Å².